The lowest BCUT2D eigenvalue weighted by molar-refractivity contribution is -0.139. The maximum absolute atomic E-state index is 11.7. The lowest BCUT2D eigenvalue weighted by Gasteiger charge is -2.33. The number of hydrogen-bond donors (Lipinski definition) is 1. The molecule has 94 valence electrons. The van der Waals surface area contributed by atoms with Crippen LogP contribution in [0.3, 0.4) is 0 Å². The fourth-order valence-corrected chi connectivity index (χ4v) is 2.00. The van der Waals surface area contributed by atoms with Crippen molar-refractivity contribution in [2.75, 3.05) is 19.7 Å². The van der Waals surface area contributed by atoms with Crippen LogP contribution in [-0.4, -0.2) is 42.6 Å². The second-order valence-electron chi connectivity index (χ2n) is 4.94. The Morgan fingerprint density at radius 2 is 1.94 bits per heavy atom. The van der Waals surface area contributed by atoms with E-state index in [1.54, 1.807) is 0 Å². The third-order valence-electron chi connectivity index (χ3n) is 3.18. The summed E-state index contributed by atoms with van der Waals surface area (Å²) in [7, 11) is 0. The van der Waals surface area contributed by atoms with Crippen LogP contribution in [0, 0.1) is 5.92 Å². The highest BCUT2D eigenvalue weighted by Crippen LogP contribution is 2.19. The standard InChI is InChI=1S/C12H24N2O2/c1-9(2)16-8-12(15)14-6-4-11(5-7-14)10(3)13/h9-11H,4-8,13H2,1-3H3. The van der Waals surface area contributed by atoms with Crippen LogP contribution < -0.4 is 5.73 Å². The zero-order chi connectivity index (χ0) is 12.1. The van der Waals surface area contributed by atoms with E-state index in [-0.39, 0.29) is 24.7 Å². The summed E-state index contributed by atoms with van der Waals surface area (Å²) in [5, 5.41) is 0. The van der Waals surface area contributed by atoms with E-state index in [1.165, 1.54) is 0 Å². The van der Waals surface area contributed by atoms with Crippen molar-refractivity contribution in [1.29, 1.82) is 0 Å². The van der Waals surface area contributed by atoms with E-state index in [0.717, 1.165) is 25.9 Å². The van der Waals surface area contributed by atoms with Crippen LogP contribution in [0.4, 0.5) is 0 Å². The van der Waals surface area contributed by atoms with Crippen LogP contribution in [0.2, 0.25) is 0 Å². The van der Waals surface area contributed by atoms with Gasteiger partial charge in [0.05, 0.1) is 6.10 Å². The zero-order valence-corrected chi connectivity index (χ0v) is 10.6. The number of amides is 1. The zero-order valence-electron chi connectivity index (χ0n) is 10.6. The maximum Gasteiger partial charge on any atom is 0.248 e. The predicted molar refractivity (Wildman–Crippen MR) is 64.0 cm³/mol. The summed E-state index contributed by atoms with van der Waals surface area (Å²) in [6.07, 6.45) is 2.15. The number of ether oxygens (including phenoxy) is 1. The van der Waals surface area contributed by atoms with Gasteiger partial charge >= 0.3 is 0 Å². The summed E-state index contributed by atoms with van der Waals surface area (Å²) < 4.78 is 5.32. The van der Waals surface area contributed by atoms with Crippen molar-refractivity contribution >= 4 is 5.91 Å². The minimum atomic E-state index is 0.108. The van der Waals surface area contributed by atoms with E-state index < -0.39 is 0 Å². The van der Waals surface area contributed by atoms with E-state index >= 15 is 0 Å². The van der Waals surface area contributed by atoms with Crippen LogP contribution in [0.15, 0.2) is 0 Å². The summed E-state index contributed by atoms with van der Waals surface area (Å²) in [6, 6.07) is 0.240. The number of likely N-dealkylation sites (tertiary alicyclic amines) is 1. The number of nitrogens with two attached hydrogens (primary N) is 1. The molecule has 0 aliphatic carbocycles. The van der Waals surface area contributed by atoms with Crippen LogP contribution in [0.1, 0.15) is 33.6 Å². The predicted octanol–water partition coefficient (Wildman–Crippen LogP) is 0.997. The van der Waals surface area contributed by atoms with E-state index in [4.69, 9.17) is 10.5 Å². The molecule has 1 rings (SSSR count). The third-order valence-corrected chi connectivity index (χ3v) is 3.18. The normalized spacial score (nSPS) is 20.2. The minimum absolute atomic E-state index is 0.108. The molecular formula is C12H24N2O2. The van der Waals surface area contributed by atoms with Crippen LogP contribution in [0.5, 0.6) is 0 Å². The second kappa shape index (κ2) is 6.21. The molecule has 0 saturated carbocycles. The van der Waals surface area contributed by atoms with Crippen molar-refractivity contribution < 1.29 is 9.53 Å². The molecule has 1 heterocycles. The number of carbonyl (C=O) groups excluding carboxylic acids is 1. The molecule has 1 aliphatic rings. The Hall–Kier alpha value is -0.610. The maximum atomic E-state index is 11.7. The number of hydrogen-bond acceptors (Lipinski definition) is 3. The van der Waals surface area contributed by atoms with Crippen molar-refractivity contribution in [1.82, 2.24) is 4.90 Å². The molecular weight excluding hydrogens is 204 g/mol. The lowest BCUT2D eigenvalue weighted by Crippen LogP contribution is -2.44. The van der Waals surface area contributed by atoms with Crippen molar-refractivity contribution in [3.05, 3.63) is 0 Å². The first-order chi connectivity index (χ1) is 7.50. The van der Waals surface area contributed by atoms with E-state index in [2.05, 4.69) is 0 Å². The first-order valence-corrected chi connectivity index (χ1v) is 6.15. The minimum Gasteiger partial charge on any atom is -0.369 e. The van der Waals surface area contributed by atoms with Gasteiger partial charge in [0, 0.05) is 19.1 Å². The summed E-state index contributed by atoms with van der Waals surface area (Å²) in [4.78, 5) is 13.6. The average molecular weight is 228 g/mol. The molecule has 1 fully saturated rings. The molecule has 0 spiro atoms. The van der Waals surface area contributed by atoms with E-state index in [9.17, 15) is 4.79 Å². The van der Waals surface area contributed by atoms with E-state index in [1.807, 2.05) is 25.7 Å². The fourth-order valence-electron chi connectivity index (χ4n) is 2.00. The fraction of sp³-hybridized carbons (Fsp3) is 0.917. The Morgan fingerprint density at radius 3 is 2.38 bits per heavy atom. The molecule has 16 heavy (non-hydrogen) atoms. The van der Waals surface area contributed by atoms with Gasteiger partial charge in [-0.3, -0.25) is 4.79 Å². The number of rotatable bonds is 4. The molecule has 1 saturated heterocycles. The summed E-state index contributed by atoms with van der Waals surface area (Å²) >= 11 is 0. The first-order valence-electron chi connectivity index (χ1n) is 6.15. The second-order valence-corrected chi connectivity index (χ2v) is 4.94. The Kier molecular flexibility index (Phi) is 5.22. The molecule has 0 aromatic rings. The van der Waals surface area contributed by atoms with Gasteiger partial charge in [0.2, 0.25) is 5.91 Å². The molecule has 0 aromatic heterocycles. The van der Waals surface area contributed by atoms with Crippen LogP contribution in [-0.2, 0) is 9.53 Å². The highest BCUT2D eigenvalue weighted by Gasteiger charge is 2.24. The lowest BCUT2D eigenvalue weighted by atomic mass is 9.91. The molecule has 1 amide bonds. The molecule has 1 unspecified atom stereocenters. The topological polar surface area (TPSA) is 55.6 Å². The number of carbonyl (C=O) groups is 1. The van der Waals surface area contributed by atoms with Gasteiger partial charge in [0.15, 0.2) is 0 Å². The first kappa shape index (κ1) is 13.5. The summed E-state index contributed by atoms with van der Waals surface area (Å²) in [5.41, 5.74) is 5.86. The molecule has 1 aliphatic heterocycles. The largest absolute Gasteiger partial charge is 0.369 e. The Labute approximate surface area is 98.1 Å². The molecule has 2 N–H and O–H groups in total. The van der Waals surface area contributed by atoms with Gasteiger partial charge in [0.1, 0.15) is 6.61 Å². The van der Waals surface area contributed by atoms with E-state index in [0.29, 0.717) is 5.92 Å². The molecule has 0 bridgehead atoms. The van der Waals surface area contributed by atoms with Crippen molar-refractivity contribution in [2.45, 2.75) is 45.8 Å². The smallest absolute Gasteiger partial charge is 0.248 e. The van der Waals surface area contributed by atoms with Gasteiger partial charge in [-0.2, -0.15) is 0 Å². The highest BCUT2D eigenvalue weighted by molar-refractivity contribution is 5.77. The SMILES string of the molecule is CC(C)OCC(=O)N1CCC(C(C)N)CC1. The molecule has 4 heteroatoms. The molecule has 1 atom stereocenters. The van der Waals surface area contributed by atoms with Crippen LogP contribution >= 0.6 is 0 Å². The van der Waals surface area contributed by atoms with Crippen molar-refractivity contribution in [3.8, 4) is 0 Å². The van der Waals surface area contributed by atoms with Crippen LogP contribution in [0.25, 0.3) is 0 Å². The molecule has 0 aromatic carbocycles. The summed E-state index contributed by atoms with van der Waals surface area (Å²) in [5.74, 6) is 0.673. The monoisotopic (exact) mass is 228 g/mol. The molecule has 0 radical (unpaired) electrons. The quantitative estimate of drug-likeness (QED) is 0.781. The van der Waals surface area contributed by atoms with Gasteiger partial charge in [-0.15, -0.1) is 0 Å². The van der Waals surface area contributed by atoms with Gasteiger partial charge in [-0.05, 0) is 39.5 Å². The number of nitrogens with zero attached hydrogens (tertiary/aromatic N) is 1. The van der Waals surface area contributed by atoms with Gasteiger partial charge in [-0.25, -0.2) is 0 Å². The van der Waals surface area contributed by atoms with Crippen molar-refractivity contribution in [2.24, 2.45) is 11.7 Å². The van der Waals surface area contributed by atoms with Crippen molar-refractivity contribution in [3.63, 3.8) is 0 Å². The van der Waals surface area contributed by atoms with Gasteiger partial charge in [-0.1, -0.05) is 0 Å². The van der Waals surface area contributed by atoms with Gasteiger partial charge in [0.25, 0.3) is 0 Å². The average Bonchev–Trinajstić information content (AvgIpc) is 2.26. The molecule has 4 nitrogen and oxygen atoms in total. The highest BCUT2D eigenvalue weighted by atomic mass is 16.5. The Balaban J connectivity index is 2.27. The van der Waals surface area contributed by atoms with Gasteiger partial charge < -0.3 is 15.4 Å². The number of piperidine rings is 1. The third kappa shape index (κ3) is 4.10. The summed E-state index contributed by atoms with van der Waals surface area (Å²) in [6.45, 7) is 7.79. The Bertz CT molecular complexity index is 221. The Morgan fingerprint density at radius 1 is 1.38 bits per heavy atom.